The number of nitrogens with one attached hydrogen (secondary N) is 1. The second kappa shape index (κ2) is 5.83. The van der Waals surface area contributed by atoms with Crippen LogP contribution in [-0.2, 0) is 6.54 Å². The Bertz CT molecular complexity index is 567. The first-order valence-corrected chi connectivity index (χ1v) is 6.63. The Balaban J connectivity index is 2.09. The van der Waals surface area contributed by atoms with Crippen molar-refractivity contribution in [3.8, 4) is 0 Å². The molecule has 0 saturated carbocycles. The van der Waals surface area contributed by atoms with Crippen LogP contribution in [0, 0.1) is 6.92 Å². The Morgan fingerprint density at radius 2 is 1.72 bits per heavy atom. The summed E-state index contributed by atoms with van der Waals surface area (Å²) in [5.41, 5.74) is 3.03. The molecule has 0 saturated heterocycles. The standard InChI is InChI=1S/C14H12Cl3N/c1-9-2-5-12(7-13(9)16)18-8-10-3-4-11(15)6-14(10)17/h2-7,18H,8H2,1H3. The van der Waals surface area contributed by atoms with Crippen molar-refractivity contribution in [3.05, 3.63) is 62.6 Å². The fraction of sp³-hybridized carbons (Fsp3) is 0.143. The molecule has 0 radical (unpaired) electrons. The van der Waals surface area contributed by atoms with E-state index in [0.29, 0.717) is 16.6 Å². The lowest BCUT2D eigenvalue weighted by molar-refractivity contribution is 1.15. The van der Waals surface area contributed by atoms with Gasteiger partial charge in [-0.15, -0.1) is 0 Å². The maximum absolute atomic E-state index is 6.10. The molecule has 0 spiro atoms. The highest BCUT2D eigenvalue weighted by Crippen LogP contribution is 2.23. The molecule has 0 heterocycles. The van der Waals surface area contributed by atoms with E-state index in [0.717, 1.165) is 21.8 Å². The quantitative estimate of drug-likeness (QED) is 0.781. The van der Waals surface area contributed by atoms with Gasteiger partial charge < -0.3 is 5.32 Å². The van der Waals surface area contributed by atoms with E-state index in [4.69, 9.17) is 34.8 Å². The molecule has 1 nitrogen and oxygen atoms in total. The van der Waals surface area contributed by atoms with E-state index in [1.807, 2.05) is 37.3 Å². The summed E-state index contributed by atoms with van der Waals surface area (Å²) in [5, 5.41) is 5.33. The first-order chi connectivity index (χ1) is 8.56. The van der Waals surface area contributed by atoms with Crippen molar-refractivity contribution in [2.45, 2.75) is 13.5 Å². The highest BCUT2D eigenvalue weighted by Gasteiger charge is 2.02. The highest BCUT2D eigenvalue weighted by atomic mass is 35.5. The Labute approximate surface area is 122 Å². The third-order valence-corrected chi connectivity index (χ3v) is 3.66. The van der Waals surface area contributed by atoms with Crippen molar-refractivity contribution in [3.63, 3.8) is 0 Å². The molecule has 0 aromatic heterocycles. The summed E-state index contributed by atoms with van der Waals surface area (Å²) in [6, 6.07) is 11.3. The third-order valence-electron chi connectivity index (χ3n) is 2.67. The van der Waals surface area contributed by atoms with Crippen molar-refractivity contribution in [2.24, 2.45) is 0 Å². The number of anilines is 1. The molecular formula is C14H12Cl3N. The summed E-state index contributed by atoms with van der Waals surface area (Å²) in [5.74, 6) is 0. The largest absolute Gasteiger partial charge is 0.381 e. The second-order valence-corrected chi connectivity index (χ2v) is 5.30. The Hall–Kier alpha value is -0.890. The third kappa shape index (κ3) is 3.32. The van der Waals surface area contributed by atoms with Gasteiger partial charge in [-0.05, 0) is 42.3 Å². The minimum Gasteiger partial charge on any atom is -0.381 e. The molecule has 1 N–H and O–H groups in total. The van der Waals surface area contributed by atoms with Crippen LogP contribution in [0.25, 0.3) is 0 Å². The summed E-state index contributed by atoms with van der Waals surface area (Å²) < 4.78 is 0. The Morgan fingerprint density at radius 1 is 0.944 bits per heavy atom. The number of benzene rings is 2. The van der Waals surface area contributed by atoms with Gasteiger partial charge in [0.2, 0.25) is 0 Å². The number of hydrogen-bond donors (Lipinski definition) is 1. The topological polar surface area (TPSA) is 12.0 Å². The lowest BCUT2D eigenvalue weighted by Gasteiger charge is -2.09. The van der Waals surface area contributed by atoms with Gasteiger partial charge in [0.15, 0.2) is 0 Å². The molecule has 94 valence electrons. The first-order valence-electron chi connectivity index (χ1n) is 5.50. The Morgan fingerprint density at radius 3 is 2.39 bits per heavy atom. The molecule has 0 atom stereocenters. The smallest absolute Gasteiger partial charge is 0.0470 e. The number of halogens is 3. The molecule has 0 aliphatic heterocycles. The molecule has 18 heavy (non-hydrogen) atoms. The van der Waals surface area contributed by atoms with E-state index in [1.165, 1.54) is 0 Å². The van der Waals surface area contributed by atoms with Crippen molar-refractivity contribution in [2.75, 3.05) is 5.32 Å². The molecule has 0 amide bonds. The molecule has 2 rings (SSSR count). The van der Waals surface area contributed by atoms with Crippen LogP contribution in [0.1, 0.15) is 11.1 Å². The monoisotopic (exact) mass is 299 g/mol. The average Bonchev–Trinajstić information content (AvgIpc) is 2.32. The van der Waals surface area contributed by atoms with Crippen LogP contribution < -0.4 is 5.32 Å². The summed E-state index contributed by atoms with van der Waals surface area (Å²) in [4.78, 5) is 0. The van der Waals surface area contributed by atoms with Gasteiger partial charge in [-0.1, -0.05) is 46.9 Å². The number of aryl methyl sites for hydroxylation is 1. The molecule has 0 aliphatic carbocycles. The van der Waals surface area contributed by atoms with Crippen LogP contribution in [0.3, 0.4) is 0 Å². The van der Waals surface area contributed by atoms with Crippen molar-refractivity contribution < 1.29 is 0 Å². The van der Waals surface area contributed by atoms with Crippen LogP contribution in [0.4, 0.5) is 5.69 Å². The van der Waals surface area contributed by atoms with Gasteiger partial charge in [0, 0.05) is 27.3 Å². The molecular weight excluding hydrogens is 289 g/mol. The van der Waals surface area contributed by atoms with Crippen LogP contribution in [0.15, 0.2) is 36.4 Å². The maximum Gasteiger partial charge on any atom is 0.0470 e. The zero-order chi connectivity index (χ0) is 13.1. The fourth-order valence-corrected chi connectivity index (χ4v) is 2.22. The van der Waals surface area contributed by atoms with Crippen molar-refractivity contribution in [1.29, 1.82) is 0 Å². The lowest BCUT2D eigenvalue weighted by Crippen LogP contribution is -2.00. The number of rotatable bonds is 3. The summed E-state index contributed by atoms with van der Waals surface area (Å²) >= 11 is 18.0. The average molecular weight is 301 g/mol. The second-order valence-electron chi connectivity index (χ2n) is 4.05. The van der Waals surface area contributed by atoms with Gasteiger partial charge in [-0.2, -0.15) is 0 Å². The van der Waals surface area contributed by atoms with E-state index >= 15 is 0 Å². The summed E-state index contributed by atoms with van der Waals surface area (Å²) in [6.07, 6.45) is 0. The minimum atomic E-state index is 0.634. The zero-order valence-corrected chi connectivity index (χ0v) is 12.1. The fourth-order valence-electron chi connectivity index (χ4n) is 1.57. The van der Waals surface area contributed by atoms with Gasteiger partial charge in [0.25, 0.3) is 0 Å². The van der Waals surface area contributed by atoms with Gasteiger partial charge in [-0.25, -0.2) is 0 Å². The van der Waals surface area contributed by atoms with Crippen LogP contribution in [0.2, 0.25) is 15.1 Å². The lowest BCUT2D eigenvalue weighted by atomic mass is 10.2. The SMILES string of the molecule is Cc1ccc(NCc2ccc(Cl)cc2Cl)cc1Cl. The van der Waals surface area contributed by atoms with Crippen LogP contribution in [0.5, 0.6) is 0 Å². The van der Waals surface area contributed by atoms with E-state index in [9.17, 15) is 0 Å². The van der Waals surface area contributed by atoms with Crippen LogP contribution >= 0.6 is 34.8 Å². The summed E-state index contributed by atoms with van der Waals surface area (Å²) in [7, 11) is 0. The minimum absolute atomic E-state index is 0.634. The molecule has 4 heteroatoms. The van der Waals surface area contributed by atoms with Gasteiger partial charge in [0.1, 0.15) is 0 Å². The molecule has 2 aromatic carbocycles. The van der Waals surface area contributed by atoms with Crippen molar-refractivity contribution >= 4 is 40.5 Å². The van der Waals surface area contributed by atoms with E-state index in [2.05, 4.69) is 5.32 Å². The normalized spacial score (nSPS) is 10.4. The maximum atomic E-state index is 6.10. The molecule has 0 aliphatic rings. The van der Waals surface area contributed by atoms with E-state index in [1.54, 1.807) is 6.07 Å². The van der Waals surface area contributed by atoms with E-state index < -0.39 is 0 Å². The molecule has 0 fully saturated rings. The van der Waals surface area contributed by atoms with Gasteiger partial charge >= 0.3 is 0 Å². The van der Waals surface area contributed by atoms with E-state index in [-0.39, 0.29) is 0 Å². The summed E-state index contributed by atoms with van der Waals surface area (Å²) in [6.45, 7) is 2.61. The molecule has 0 bridgehead atoms. The van der Waals surface area contributed by atoms with Crippen molar-refractivity contribution in [1.82, 2.24) is 0 Å². The zero-order valence-electron chi connectivity index (χ0n) is 9.81. The number of hydrogen-bond acceptors (Lipinski definition) is 1. The van der Waals surface area contributed by atoms with Crippen LogP contribution in [-0.4, -0.2) is 0 Å². The highest BCUT2D eigenvalue weighted by molar-refractivity contribution is 6.35. The predicted molar refractivity (Wildman–Crippen MR) is 80.0 cm³/mol. The van der Waals surface area contributed by atoms with Gasteiger partial charge in [0.05, 0.1) is 0 Å². The Kier molecular flexibility index (Phi) is 4.39. The van der Waals surface area contributed by atoms with Gasteiger partial charge in [-0.3, -0.25) is 0 Å². The predicted octanol–water partition coefficient (Wildman–Crippen LogP) is 5.57. The first kappa shape index (κ1) is 13.5. The molecule has 0 unspecified atom stereocenters. The molecule has 2 aromatic rings.